The Morgan fingerprint density at radius 2 is 1.93 bits per heavy atom. The van der Waals surface area contributed by atoms with Gasteiger partial charge in [-0.3, -0.25) is 0 Å². The van der Waals surface area contributed by atoms with Crippen LogP contribution in [0.2, 0.25) is 5.02 Å². The number of rotatable bonds is 2. The third-order valence-corrected chi connectivity index (χ3v) is 3.78. The number of aromatic hydroxyl groups is 1. The third kappa shape index (κ3) is 2.00. The number of phenols is 1. The molecular formula is C8H10ClNO3S. The maximum atomic E-state index is 11.6. The van der Waals surface area contributed by atoms with Crippen LogP contribution in [0.25, 0.3) is 0 Å². The van der Waals surface area contributed by atoms with E-state index in [1.165, 1.54) is 32.3 Å². The van der Waals surface area contributed by atoms with Gasteiger partial charge in [-0.1, -0.05) is 11.6 Å². The number of nitrogens with zero attached hydrogens (tertiary/aromatic N) is 1. The lowest BCUT2D eigenvalue weighted by molar-refractivity contribution is 0.452. The van der Waals surface area contributed by atoms with Crippen LogP contribution in [-0.4, -0.2) is 31.9 Å². The molecule has 0 aliphatic carbocycles. The molecule has 1 aromatic carbocycles. The Kier molecular flexibility index (Phi) is 3.04. The molecule has 78 valence electrons. The summed E-state index contributed by atoms with van der Waals surface area (Å²) in [6.07, 6.45) is 0. The first-order chi connectivity index (χ1) is 6.35. The second-order valence-electron chi connectivity index (χ2n) is 2.90. The molecule has 0 unspecified atom stereocenters. The Bertz CT molecular complexity index is 442. The SMILES string of the molecule is CN(C)S(=O)(=O)c1ccc(Cl)cc1O. The Morgan fingerprint density at radius 1 is 1.36 bits per heavy atom. The van der Waals surface area contributed by atoms with Gasteiger partial charge in [0.15, 0.2) is 0 Å². The highest BCUT2D eigenvalue weighted by Gasteiger charge is 2.20. The quantitative estimate of drug-likeness (QED) is 0.841. The third-order valence-electron chi connectivity index (χ3n) is 1.68. The minimum Gasteiger partial charge on any atom is -0.506 e. The summed E-state index contributed by atoms with van der Waals surface area (Å²) in [6, 6.07) is 3.88. The largest absolute Gasteiger partial charge is 0.506 e. The Morgan fingerprint density at radius 3 is 2.36 bits per heavy atom. The number of sulfonamides is 1. The highest BCUT2D eigenvalue weighted by molar-refractivity contribution is 7.89. The summed E-state index contributed by atoms with van der Waals surface area (Å²) < 4.78 is 24.2. The second-order valence-corrected chi connectivity index (χ2v) is 5.46. The van der Waals surface area contributed by atoms with Crippen LogP contribution < -0.4 is 0 Å². The van der Waals surface area contributed by atoms with E-state index in [1.54, 1.807) is 0 Å². The summed E-state index contributed by atoms with van der Waals surface area (Å²) in [6.45, 7) is 0. The van der Waals surface area contributed by atoms with Gasteiger partial charge in [0.05, 0.1) is 0 Å². The van der Waals surface area contributed by atoms with Crippen molar-refractivity contribution >= 4 is 21.6 Å². The van der Waals surface area contributed by atoms with Crippen molar-refractivity contribution in [2.75, 3.05) is 14.1 Å². The van der Waals surface area contributed by atoms with Crippen LogP contribution in [0.5, 0.6) is 5.75 Å². The molecule has 1 N–H and O–H groups in total. The summed E-state index contributed by atoms with van der Waals surface area (Å²) in [5.74, 6) is -0.341. The number of phenolic OH excluding ortho intramolecular Hbond substituents is 1. The van der Waals surface area contributed by atoms with Crippen LogP contribution in [0.15, 0.2) is 23.1 Å². The molecule has 0 radical (unpaired) electrons. The predicted octanol–water partition coefficient (Wildman–Crippen LogP) is 1.30. The zero-order chi connectivity index (χ0) is 10.9. The van der Waals surface area contributed by atoms with Crippen molar-refractivity contribution in [3.05, 3.63) is 23.2 Å². The summed E-state index contributed by atoms with van der Waals surface area (Å²) >= 11 is 5.58. The molecule has 0 spiro atoms. The molecule has 14 heavy (non-hydrogen) atoms. The molecule has 1 rings (SSSR count). The number of benzene rings is 1. The van der Waals surface area contributed by atoms with Gasteiger partial charge in [-0.15, -0.1) is 0 Å². The number of hydrogen-bond acceptors (Lipinski definition) is 3. The summed E-state index contributed by atoms with van der Waals surface area (Å²) in [7, 11) is -0.815. The van der Waals surface area contributed by atoms with Gasteiger partial charge in [-0.05, 0) is 18.2 Å². The van der Waals surface area contributed by atoms with Gasteiger partial charge in [-0.2, -0.15) is 0 Å². The van der Waals surface area contributed by atoms with Crippen molar-refractivity contribution < 1.29 is 13.5 Å². The second kappa shape index (κ2) is 3.76. The lowest BCUT2D eigenvalue weighted by Crippen LogP contribution is -2.22. The van der Waals surface area contributed by atoms with E-state index in [9.17, 15) is 13.5 Å². The van der Waals surface area contributed by atoms with Gasteiger partial charge in [0.1, 0.15) is 10.6 Å². The smallest absolute Gasteiger partial charge is 0.246 e. The average molecular weight is 236 g/mol. The molecule has 1 aromatic rings. The molecule has 6 heteroatoms. The molecular weight excluding hydrogens is 226 g/mol. The fraction of sp³-hybridized carbons (Fsp3) is 0.250. The van der Waals surface area contributed by atoms with Gasteiger partial charge >= 0.3 is 0 Å². The monoisotopic (exact) mass is 235 g/mol. The van der Waals surface area contributed by atoms with E-state index >= 15 is 0 Å². The molecule has 0 amide bonds. The van der Waals surface area contributed by atoms with Crippen molar-refractivity contribution in [2.45, 2.75) is 4.90 Å². The van der Waals surface area contributed by atoms with Gasteiger partial charge in [0.25, 0.3) is 0 Å². The standard InChI is InChI=1S/C8H10ClNO3S/c1-10(2)14(12,13)8-4-3-6(9)5-7(8)11/h3-5,11H,1-2H3. The Labute approximate surface area is 87.8 Å². The van der Waals surface area contributed by atoms with E-state index in [1.807, 2.05) is 0 Å². The molecule has 0 aromatic heterocycles. The summed E-state index contributed by atoms with van der Waals surface area (Å²) in [5.41, 5.74) is 0. The van der Waals surface area contributed by atoms with E-state index in [-0.39, 0.29) is 10.6 Å². The van der Waals surface area contributed by atoms with E-state index in [0.717, 1.165) is 4.31 Å². The fourth-order valence-electron chi connectivity index (χ4n) is 0.905. The molecule has 4 nitrogen and oxygen atoms in total. The van der Waals surface area contributed by atoms with Crippen LogP contribution >= 0.6 is 11.6 Å². The van der Waals surface area contributed by atoms with Crippen LogP contribution in [0.4, 0.5) is 0 Å². The van der Waals surface area contributed by atoms with Gasteiger partial charge in [0.2, 0.25) is 10.0 Å². The maximum absolute atomic E-state index is 11.6. The van der Waals surface area contributed by atoms with Crippen molar-refractivity contribution in [3.8, 4) is 5.75 Å². The highest BCUT2D eigenvalue weighted by Crippen LogP contribution is 2.27. The maximum Gasteiger partial charge on any atom is 0.246 e. The summed E-state index contributed by atoms with van der Waals surface area (Å²) in [4.78, 5) is -0.146. The van der Waals surface area contributed by atoms with Crippen LogP contribution in [0.3, 0.4) is 0 Å². The normalized spacial score (nSPS) is 12.0. The first kappa shape index (κ1) is 11.3. The summed E-state index contributed by atoms with van der Waals surface area (Å²) in [5, 5.41) is 9.68. The minimum atomic E-state index is -3.60. The van der Waals surface area contributed by atoms with Crippen LogP contribution in [-0.2, 0) is 10.0 Å². The Hall–Kier alpha value is -0.780. The van der Waals surface area contributed by atoms with E-state index in [0.29, 0.717) is 5.02 Å². The van der Waals surface area contributed by atoms with Crippen LogP contribution in [0.1, 0.15) is 0 Å². The van der Waals surface area contributed by atoms with Crippen LogP contribution in [0, 0.1) is 0 Å². The van der Waals surface area contributed by atoms with Crippen molar-refractivity contribution in [1.29, 1.82) is 0 Å². The zero-order valence-corrected chi connectivity index (χ0v) is 9.30. The van der Waals surface area contributed by atoms with Crippen molar-refractivity contribution in [1.82, 2.24) is 4.31 Å². The lowest BCUT2D eigenvalue weighted by atomic mass is 10.3. The fourth-order valence-corrected chi connectivity index (χ4v) is 2.03. The number of halogens is 1. The first-order valence-corrected chi connectivity index (χ1v) is 5.58. The zero-order valence-electron chi connectivity index (χ0n) is 7.73. The molecule has 0 aliphatic heterocycles. The molecule has 0 bridgehead atoms. The van der Waals surface area contributed by atoms with E-state index in [4.69, 9.17) is 11.6 Å². The first-order valence-electron chi connectivity index (χ1n) is 3.77. The van der Waals surface area contributed by atoms with Gasteiger partial charge < -0.3 is 5.11 Å². The van der Waals surface area contributed by atoms with Gasteiger partial charge in [0, 0.05) is 19.1 Å². The van der Waals surface area contributed by atoms with E-state index in [2.05, 4.69) is 0 Å². The van der Waals surface area contributed by atoms with Crippen molar-refractivity contribution in [3.63, 3.8) is 0 Å². The molecule has 0 fully saturated rings. The van der Waals surface area contributed by atoms with Gasteiger partial charge in [-0.25, -0.2) is 12.7 Å². The molecule has 0 saturated heterocycles. The van der Waals surface area contributed by atoms with Crippen molar-refractivity contribution in [2.24, 2.45) is 0 Å². The predicted molar refractivity (Wildman–Crippen MR) is 54.0 cm³/mol. The highest BCUT2D eigenvalue weighted by atomic mass is 35.5. The molecule has 0 saturated carbocycles. The minimum absolute atomic E-state index is 0.146. The number of hydrogen-bond donors (Lipinski definition) is 1. The Balaban J connectivity index is 3.35. The molecule has 0 atom stereocenters. The lowest BCUT2D eigenvalue weighted by Gasteiger charge is -2.12. The molecule has 0 heterocycles. The average Bonchev–Trinajstić information content (AvgIpc) is 2.02. The van der Waals surface area contributed by atoms with E-state index < -0.39 is 10.0 Å². The molecule has 0 aliphatic rings. The topological polar surface area (TPSA) is 57.6 Å².